The Kier molecular flexibility index (Phi) is 8.99. The fourth-order valence-corrected chi connectivity index (χ4v) is 5.40. The number of benzene rings is 3. The summed E-state index contributed by atoms with van der Waals surface area (Å²) in [5, 5.41) is 18.0. The van der Waals surface area contributed by atoms with Crippen molar-refractivity contribution in [2.75, 3.05) is 13.2 Å². The Labute approximate surface area is 262 Å². The van der Waals surface area contributed by atoms with Crippen LogP contribution in [0.15, 0.2) is 66.7 Å². The van der Waals surface area contributed by atoms with Gasteiger partial charge in [-0.1, -0.05) is 12.1 Å². The fourth-order valence-electron chi connectivity index (χ4n) is 5.40. The highest BCUT2D eigenvalue weighted by atomic mass is 19.1. The van der Waals surface area contributed by atoms with E-state index in [1.807, 2.05) is 6.07 Å². The monoisotopic (exact) mass is 626 g/mol. The first-order valence-corrected chi connectivity index (χ1v) is 14.8. The van der Waals surface area contributed by atoms with Gasteiger partial charge >= 0.3 is 5.97 Å². The number of nitrogens with one attached hydrogen (secondary N) is 1. The number of fused-ring (bicyclic) bond motifs is 1. The van der Waals surface area contributed by atoms with Crippen molar-refractivity contribution in [3.05, 3.63) is 112 Å². The number of nitriles is 1. The first-order valence-electron chi connectivity index (χ1n) is 14.8. The minimum Gasteiger partial charge on any atom is -0.478 e. The molecule has 0 amide bonds. The number of halogens is 3. The third-order valence-corrected chi connectivity index (χ3v) is 8.08. The molecule has 2 N–H and O–H groups in total. The summed E-state index contributed by atoms with van der Waals surface area (Å²) < 4.78 is 55.0. The number of rotatable bonds is 8. The zero-order chi connectivity index (χ0) is 32.2. The van der Waals surface area contributed by atoms with Gasteiger partial charge in [0.25, 0.3) is 0 Å². The van der Waals surface area contributed by atoms with E-state index in [2.05, 4.69) is 15.0 Å². The molecule has 2 aliphatic rings. The first-order chi connectivity index (χ1) is 22.3. The van der Waals surface area contributed by atoms with Gasteiger partial charge in [0, 0.05) is 36.8 Å². The van der Waals surface area contributed by atoms with Gasteiger partial charge in [0.1, 0.15) is 29.9 Å². The van der Waals surface area contributed by atoms with Gasteiger partial charge in [-0.05, 0) is 85.2 Å². The van der Waals surface area contributed by atoms with Gasteiger partial charge in [-0.3, -0.25) is 0 Å². The fraction of sp³-hybridized carbons (Fsp3) is 0.257. The third kappa shape index (κ3) is 7.19. The van der Waals surface area contributed by atoms with Gasteiger partial charge in [0.05, 0.1) is 33.9 Å². The van der Waals surface area contributed by atoms with Crippen molar-refractivity contribution in [1.29, 1.82) is 5.26 Å². The van der Waals surface area contributed by atoms with Crippen LogP contribution in [0.4, 0.5) is 13.2 Å². The second-order valence-corrected chi connectivity index (χ2v) is 11.3. The molecule has 3 heterocycles. The Hall–Kier alpha value is -5.21. The topological polar surface area (TPSA) is 121 Å². The average Bonchev–Trinajstić information content (AvgIpc) is 3.59. The number of H-pyrrole nitrogens is 1. The number of ether oxygens (including phenoxy) is 2. The maximum atomic E-state index is 15.1. The smallest absolute Gasteiger partial charge is 0.335 e. The van der Waals surface area contributed by atoms with Crippen LogP contribution in [-0.4, -0.2) is 39.2 Å². The molecule has 0 radical (unpaired) electrons. The van der Waals surface area contributed by atoms with E-state index in [0.29, 0.717) is 16.9 Å². The molecule has 3 aromatic carbocycles. The van der Waals surface area contributed by atoms with Crippen LogP contribution in [0.2, 0.25) is 0 Å². The standard InChI is InChI=1S/C28H17F3N4O3.C7H12O/c29-20-8-15(13-32)4-5-17(20)14-38-27-3-1-2-23(35-27)19-12-21(30)18(9-22(19)31)11-26-33-24-7-6-16(28(36)37)10-25(24)34-26;1-2-6(1)7-3-4-8-5-7/h1-10,12H,11,14H2,(H,33,34)(H,36,37);6-7H,1-5H2. The summed E-state index contributed by atoms with van der Waals surface area (Å²) in [6.07, 6.45) is 4.25. The second-order valence-electron chi connectivity index (χ2n) is 11.3. The second kappa shape index (κ2) is 13.4. The highest BCUT2D eigenvalue weighted by Gasteiger charge is 2.33. The molecule has 2 fully saturated rings. The number of imidazole rings is 1. The minimum atomic E-state index is -1.09. The van der Waals surface area contributed by atoms with E-state index >= 15 is 4.39 Å². The number of carbonyl (C=O) groups is 1. The number of hydrogen-bond donors (Lipinski definition) is 2. The van der Waals surface area contributed by atoms with E-state index in [-0.39, 0.29) is 52.4 Å². The van der Waals surface area contributed by atoms with Gasteiger partial charge in [-0.15, -0.1) is 0 Å². The van der Waals surface area contributed by atoms with E-state index < -0.39 is 23.4 Å². The van der Waals surface area contributed by atoms with Crippen LogP contribution in [0.3, 0.4) is 0 Å². The lowest BCUT2D eigenvalue weighted by atomic mass is 10.0. The molecule has 0 spiro atoms. The van der Waals surface area contributed by atoms with Gasteiger partial charge in [-0.2, -0.15) is 5.26 Å². The van der Waals surface area contributed by atoms with E-state index in [4.69, 9.17) is 19.8 Å². The van der Waals surface area contributed by atoms with Crippen molar-refractivity contribution in [3.63, 3.8) is 0 Å². The molecular formula is C35H29F3N4O4. The zero-order valence-corrected chi connectivity index (χ0v) is 24.6. The Bertz CT molecular complexity index is 1940. The molecule has 11 heteroatoms. The zero-order valence-electron chi connectivity index (χ0n) is 24.6. The molecular weight excluding hydrogens is 597 g/mol. The summed E-state index contributed by atoms with van der Waals surface area (Å²) in [7, 11) is 0. The van der Waals surface area contributed by atoms with Crippen LogP contribution in [0.25, 0.3) is 22.3 Å². The first kappa shape index (κ1) is 30.8. The number of carboxylic acids is 1. The maximum absolute atomic E-state index is 15.1. The summed E-state index contributed by atoms with van der Waals surface area (Å²) in [5.41, 5.74) is 1.53. The Balaban J connectivity index is 0.000000400. The lowest BCUT2D eigenvalue weighted by molar-refractivity contribution is 0.0697. The van der Waals surface area contributed by atoms with E-state index in [1.54, 1.807) is 6.07 Å². The summed E-state index contributed by atoms with van der Waals surface area (Å²) in [5.74, 6) is -0.635. The number of pyridine rings is 1. The van der Waals surface area contributed by atoms with Crippen molar-refractivity contribution in [2.24, 2.45) is 11.8 Å². The van der Waals surface area contributed by atoms with Gasteiger partial charge < -0.3 is 19.6 Å². The lowest BCUT2D eigenvalue weighted by Gasteiger charge is -2.10. The highest BCUT2D eigenvalue weighted by Crippen LogP contribution is 2.40. The van der Waals surface area contributed by atoms with Crippen molar-refractivity contribution in [2.45, 2.75) is 32.3 Å². The minimum absolute atomic E-state index is 0.0486. The summed E-state index contributed by atoms with van der Waals surface area (Å²) in [6.45, 7) is 1.92. The largest absolute Gasteiger partial charge is 0.478 e. The van der Waals surface area contributed by atoms with Crippen molar-refractivity contribution >= 4 is 17.0 Å². The van der Waals surface area contributed by atoms with Crippen LogP contribution in [-0.2, 0) is 17.8 Å². The Morgan fingerprint density at radius 2 is 1.78 bits per heavy atom. The van der Waals surface area contributed by atoms with E-state index in [1.165, 1.54) is 61.7 Å². The molecule has 0 bridgehead atoms. The summed E-state index contributed by atoms with van der Waals surface area (Å²) in [4.78, 5) is 22.7. The lowest BCUT2D eigenvalue weighted by Crippen LogP contribution is -2.02. The number of aromatic carboxylic acids is 1. The van der Waals surface area contributed by atoms with Crippen LogP contribution >= 0.6 is 0 Å². The molecule has 1 unspecified atom stereocenters. The van der Waals surface area contributed by atoms with E-state index in [9.17, 15) is 13.6 Å². The number of nitrogens with zero attached hydrogens (tertiary/aromatic N) is 3. The third-order valence-electron chi connectivity index (χ3n) is 8.08. The van der Waals surface area contributed by atoms with E-state index in [0.717, 1.165) is 43.2 Å². The molecule has 1 saturated heterocycles. The number of carboxylic acid groups (broad SMARTS) is 1. The predicted molar refractivity (Wildman–Crippen MR) is 163 cm³/mol. The highest BCUT2D eigenvalue weighted by molar-refractivity contribution is 5.92. The summed E-state index contributed by atoms with van der Waals surface area (Å²) >= 11 is 0. The van der Waals surface area contributed by atoms with Crippen LogP contribution < -0.4 is 4.74 Å². The van der Waals surface area contributed by atoms with Crippen LogP contribution in [0.5, 0.6) is 5.88 Å². The Morgan fingerprint density at radius 1 is 0.957 bits per heavy atom. The molecule has 1 aliphatic carbocycles. The van der Waals surface area contributed by atoms with Crippen molar-refractivity contribution < 1.29 is 32.5 Å². The Morgan fingerprint density at radius 3 is 2.50 bits per heavy atom. The normalized spacial score (nSPS) is 15.7. The molecule has 46 heavy (non-hydrogen) atoms. The molecule has 234 valence electrons. The van der Waals surface area contributed by atoms with Gasteiger partial charge in [-0.25, -0.2) is 27.9 Å². The van der Waals surface area contributed by atoms with Crippen LogP contribution in [0, 0.1) is 40.6 Å². The molecule has 7 rings (SSSR count). The summed E-state index contributed by atoms with van der Waals surface area (Å²) in [6, 6.07) is 16.8. The number of aromatic nitrogens is 3. The molecule has 2 aromatic heterocycles. The number of aromatic amines is 1. The molecule has 1 saturated carbocycles. The molecule has 5 aromatic rings. The molecule has 1 aliphatic heterocycles. The molecule has 8 nitrogen and oxygen atoms in total. The number of hydrogen-bond acceptors (Lipinski definition) is 6. The average molecular weight is 627 g/mol. The van der Waals surface area contributed by atoms with Crippen LogP contribution in [0.1, 0.15) is 52.1 Å². The quantitative estimate of drug-likeness (QED) is 0.187. The SMILES string of the molecule is C1CC(C2CC2)CO1.N#Cc1ccc(COc2cccc(-c3cc(F)c(Cc4nc5ccc(C(=O)O)cc5[nH]4)cc3F)n2)c(F)c1. The maximum Gasteiger partial charge on any atom is 0.335 e. The van der Waals surface area contributed by atoms with Gasteiger partial charge in [0.2, 0.25) is 5.88 Å². The van der Waals surface area contributed by atoms with Crippen molar-refractivity contribution in [3.8, 4) is 23.2 Å². The van der Waals surface area contributed by atoms with Crippen molar-refractivity contribution in [1.82, 2.24) is 15.0 Å². The van der Waals surface area contributed by atoms with Gasteiger partial charge in [0.15, 0.2) is 0 Å². The molecule has 1 atom stereocenters. The predicted octanol–water partition coefficient (Wildman–Crippen LogP) is 7.21.